The van der Waals surface area contributed by atoms with Crippen LogP contribution in [0, 0.1) is 0 Å². The van der Waals surface area contributed by atoms with E-state index < -0.39 is 0 Å². The molecule has 1 aliphatic rings. The zero-order valence-corrected chi connectivity index (χ0v) is 12.6. The second kappa shape index (κ2) is 6.06. The molecule has 0 aromatic heterocycles. The molecule has 4 heteroatoms. The van der Waals surface area contributed by atoms with Crippen molar-refractivity contribution < 1.29 is 4.74 Å². The molecule has 2 aromatic carbocycles. The molecule has 2 aromatic rings. The summed E-state index contributed by atoms with van der Waals surface area (Å²) in [5, 5.41) is 3.82. The van der Waals surface area contributed by atoms with Crippen LogP contribution in [0.2, 0.25) is 0 Å². The molecule has 0 amide bonds. The SMILES string of the molecule is COc1ccc([C@H]2CC(c3ccccc3)=NC(=S)N2)cc1. The number of benzene rings is 2. The molecule has 0 saturated heterocycles. The van der Waals surface area contributed by atoms with Crippen LogP contribution in [0.25, 0.3) is 0 Å². The molecule has 1 atom stereocenters. The Morgan fingerprint density at radius 3 is 2.48 bits per heavy atom. The van der Waals surface area contributed by atoms with Crippen molar-refractivity contribution in [3.05, 3.63) is 65.7 Å². The average molecular weight is 296 g/mol. The molecule has 106 valence electrons. The Morgan fingerprint density at radius 2 is 1.81 bits per heavy atom. The maximum atomic E-state index is 5.29. The Bertz CT molecular complexity index is 665. The predicted molar refractivity (Wildman–Crippen MR) is 89.1 cm³/mol. The lowest BCUT2D eigenvalue weighted by atomic mass is 9.96. The van der Waals surface area contributed by atoms with Crippen LogP contribution in [0.3, 0.4) is 0 Å². The first kappa shape index (κ1) is 13.8. The van der Waals surface area contributed by atoms with Crippen LogP contribution in [0.5, 0.6) is 5.75 Å². The van der Waals surface area contributed by atoms with E-state index in [9.17, 15) is 0 Å². The van der Waals surface area contributed by atoms with Crippen LogP contribution in [-0.4, -0.2) is 17.9 Å². The van der Waals surface area contributed by atoms with Crippen molar-refractivity contribution in [3.8, 4) is 5.75 Å². The summed E-state index contributed by atoms with van der Waals surface area (Å²) in [6.07, 6.45) is 0.816. The summed E-state index contributed by atoms with van der Waals surface area (Å²) in [6, 6.07) is 18.4. The van der Waals surface area contributed by atoms with E-state index in [1.807, 2.05) is 30.3 Å². The third kappa shape index (κ3) is 3.11. The lowest BCUT2D eigenvalue weighted by Crippen LogP contribution is -2.33. The normalized spacial score (nSPS) is 17.9. The van der Waals surface area contributed by atoms with Crippen molar-refractivity contribution in [3.63, 3.8) is 0 Å². The summed E-state index contributed by atoms with van der Waals surface area (Å²) in [4.78, 5) is 4.47. The molecule has 3 rings (SSSR count). The zero-order chi connectivity index (χ0) is 14.7. The van der Waals surface area contributed by atoms with Gasteiger partial charge in [0.15, 0.2) is 5.11 Å². The van der Waals surface area contributed by atoms with E-state index in [1.165, 1.54) is 5.56 Å². The summed E-state index contributed by atoms with van der Waals surface area (Å²) in [6.45, 7) is 0. The molecule has 1 N–H and O–H groups in total. The van der Waals surface area contributed by atoms with Crippen LogP contribution in [0.1, 0.15) is 23.6 Å². The number of hydrogen-bond donors (Lipinski definition) is 1. The molecule has 1 heterocycles. The lowest BCUT2D eigenvalue weighted by Gasteiger charge is -2.25. The summed E-state index contributed by atoms with van der Waals surface area (Å²) in [5.41, 5.74) is 3.33. The highest BCUT2D eigenvalue weighted by Crippen LogP contribution is 2.25. The zero-order valence-electron chi connectivity index (χ0n) is 11.7. The number of ether oxygens (including phenoxy) is 1. The van der Waals surface area contributed by atoms with Gasteiger partial charge in [0.1, 0.15) is 5.75 Å². The molecule has 3 nitrogen and oxygen atoms in total. The van der Waals surface area contributed by atoms with Gasteiger partial charge in [-0.15, -0.1) is 0 Å². The topological polar surface area (TPSA) is 33.6 Å². The molecule has 0 radical (unpaired) electrons. The van der Waals surface area contributed by atoms with Crippen LogP contribution < -0.4 is 10.1 Å². The van der Waals surface area contributed by atoms with E-state index in [-0.39, 0.29) is 6.04 Å². The van der Waals surface area contributed by atoms with Gasteiger partial charge < -0.3 is 10.1 Å². The minimum absolute atomic E-state index is 0.149. The average Bonchev–Trinajstić information content (AvgIpc) is 2.55. The third-order valence-electron chi connectivity index (χ3n) is 3.56. The number of methoxy groups -OCH3 is 1. The Kier molecular flexibility index (Phi) is 3.97. The van der Waals surface area contributed by atoms with Crippen molar-refractivity contribution in [2.45, 2.75) is 12.5 Å². The first-order chi connectivity index (χ1) is 10.3. The number of hydrogen-bond acceptors (Lipinski definition) is 2. The summed E-state index contributed by atoms with van der Waals surface area (Å²) in [7, 11) is 1.67. The lowest BCUT2D eigenvalue weighted by molar-refractivity contribution is 0.414. The number of rotatable bonds is 3. The highest BCUT2D eigenvalue weighted by Gasteiger charge is 2.21. The number of thiocarbonyl (C=S) groups is 1. The van der Waals surface area contributed by atoms with Gasteiger partial charge in [-0.2, -0.15) is 0 Å². The Morgan fingerprint density at radius 1 is 1.10 bits per heavy atom. The second-order valence-corrected chi connectivity index (χ2v) is 5.29. The second-order valence-electron chi connectivity index (χ2n) is 4.90. The summed E-state index contributed by atoms with van der Waals surface area (Å²) < 4.78 is 5.20. The fourth-order valence-corrected chi connectivity index (χ4v) is 2.70. The van der Waals surface area contributed by atoms with Crippen molar-refractivity contribution >= 4 is 23.0 Å². The van der Waals surface area contributed by atoms with Crippen LogP contribution in [-0.2, 0) is 0 Å². The van der Waals surface area contributed by atoms with E-state index in [0.717, 1.165) is 23.4 Å². The van der Waals surface area contributed by atoms with Crippen molar-refractivity contribution in [1.82, 2.24) is 5.32 Å². The molecule has 0 fully saturated rings. The maximum Gasteiger partial charge on any atom is 0.193 e. The molecule has 0 bridgehead atoms. The Hall–Kier alpha value is -2.20. The maximum absolute atomic E-state index is 5.29. The van der Waals surface area contributed by atoms with Crippen LogP contribution in [0.15, 0.2) is 59.6 Å². The molecule has 21 heavy (non-hydrogen) atoms. The van der Waals surface area contributed by atoms with Crippen molar-refractivity contribution in [1.29, 1.82) is 0 Å². The first-order valence-electron chi connectivity index (χ1n) is 6.83. The molecule has 1 aliphatic heterocycles. The molecule has 0 unspecified atom stereocenters. The minimum atomic E-state index is 0.149. The summed E-state index contributed by atoms with van der Waals surface area (Å²) >= 11 is 5.29. The summed E-state index contributed by atoms with van der Waals surface area (Å²) in [5.74, 6) is 0.856. The van der Waals surface area contributed by atoms with Gasteiger partial charge in [0.25, 0.3) is 0 Å². The largest absolute Gasteiger partial charge is 0.497 e. The van der Waals surface area contributed by atoms with Crippen LogP contribution in [0.4, 0.5) is 0 Å². The van der Waals surface area contributed by atoms with Crippen molar-refractivity contribution in [2.75, 3.05) is 7.11 Å². The van der Waals surface area contributed by atoms with Gasteiger partial charge in [-0.05, 0) is 35.5 Å². The van der Waals surface area contributed by atoms with E-state index in [2.05, 4.69) is 34.6 Å². The minimum Gasteiger partial charge on any atom is -0.497 e. The quantitative estimate of drug-likeness (QED) is 0.880. The first-order valence-corrected chi connectivity index (χ1v) is 7.24. The van der Waals surface area contributed by atoms with Gasteiger partial charge in [-0.1, -0.05) is 42.5 Å². The Labute approximate surface area is 129 Å². The van der Waals surface area contributed by atoms with Gasteiger partial charge in [0, 0.05) is 6.42 Å². The molecule has 0 spiro atoms. The van der Waals surface area contributed by atoms with E-state index in [1.54, 1.807) is 7.11 Å². The highest BCUT2D eigenvalue weighted by atomic mass is 32.1. The monoisotopic (exact) mass is 296 g/mol. The highest BCUT2D eigenvalue weighted by molar-refractivity contribution is 7.80. The van der Waals surface area contributed by atoms with Gasteiger partial charge in [0.2, 0.25) is 0 Å². The number of nitrogens with one attached hydrogen (secondary N) is 1. The third-order valence-corrected chi connectivity index (χ3v) is 3.77. The van der Waals surface area contributed by atoms with Gasteiger partial charge in [-0.3, -0.25) is 0 Å². The van der Waals surface area contributed by atoms with Crippen LogP contribution >= 0.6 is 12.2 Å². The molecule has 0 saturated carbocycles. The van der Waals surface area contributed by atoms with Gasteiger partial charge >= 0.3 is 0 Å². The molecular weight excluding hydrogens is 280 g/mol. The van der Waals surface area contributed by atoms with Gasteiger partial charge in [0.05, 0.1) is 18.9 Å². The number of aliphatic imine (C=N–C) groups is 1. The molecular formula is C17H16N2OS. The van der Waals surface area contributed by atoms with Gasteiger partial charge in [-0.25, -0.2) is 4.99 Å². The fourth-order valence-electron chi connectivity index (χ4n) is 2.44. The predicted octanol–water partition coefficient (Wildman–Crippen LogP) is 3.50. The molecule has 0 aliphatic carbocycles. The smallest absolute Gasteiger partial charge is 0.193 e. The van der Waals surface area contributed by atoms with E-state index in [0.29, 0.717) is 5.11 Å². The van der Waals surface area contributed by atoms with Crippen molar-refractivity contribution in [2.24, 2.45) is 4.99 Å². The standard InChI is InChI=1S/C17H16N2OS/c1-20-14-9-7-13(8-10-14)16-11-15(18-17(21)19-16)12-5-3-2-4-6-12/h2-10,16H,11H2,1H3,(H,19,21)/t16-/m1/s1. The van der Waals surface area contributed by atoms with E-state index in [4.69, 9.17) is 17.0 Å². The van der Waals surface area contributed by atoms with E-state index >= 15 is 0 Å². The number of nitrogens with zero attached hydrogens (tertiary/aromatic N) is 1. The Balaban J connectivity index is 1.85. The fraction of sp³-hybridized carbons (Fsp3) is 0.176.